The summed E-state index contributed by atoms with van der Waals surface area (Å²) in [4.78, 5) is 11.1. The third-order valence-corrected chi connectivity index (χ3v) is 7.59. The second-order valence-corrected chi connectivity index (χ2v) is 9.46. The molecule has 0 atom stereocenters. The lowest BCUT2D eigenvalue weighted by Gasteiger charge is -2.32. The number of anilines is 1. The third-order valence-electron chi connectivity index (χ3n) is 5.68. The first-order valence-electron chi connectivity index (χ1n) is 10.2. The molecule has 0 saturated carbocycles. The highest BCUT2D eigenvalue weighted by molar-refractivity contribution is 7.89. The summed E-state index contributed by atoms with van der Waals surface area (Å²) >= 11 is 0. The molecule has 2 fully saturated rings. The minimum absolute atomic E-state index is 0.396. The molecule has 0 aliphatic carbocycles. The number of nitrogens with zero attached hydrogens (tertiary/aromatic N) is 4. The van der Waals surface area contributed by atoms with Gasteiger partial charge in [-0.1, -0.05) is 12.1 Å². The van der Waals surface area contributed by atoms with Crippen LogP contribution in [0.2, 0.25) is 0 Å². The van der Waals surface area contributed by atoms with Crippen LogP contribution in [0.5, 0.6) is 0 Å². The fourth-order valence-corrected chi connectivity index (χ4v) is 5.38. The maximum absolute atomic E-state index is 12.8. The summed E-state index contributed by atoms with van der Waals surface area (Å²) in [5, 5.41) is 6.44. The molecule has 0 unspecified atom stereocenters. The van der Waals surface area contributed by atoms with Gasteiger partial charge in [0.2, 0.25) is 16.0 Å². The molecule has 1 aromatic heterocycles. The standard InChI is InChI=1S/C20H28N6O2S/c27-29(28,26-14-10-21-11-15-26)19-4-2-17(3-5-19)18-6-12-25(13-7-18)16-24-20-22-8-1-9-23-20/h1-5,8-9,18,21H,6-7,10-16H2,(H,22,23,24). The van der Waals surface area contributed by atoms with Crippen molar-refractivity contribution in [2.75, 3.05) is 51.3 Å². The van der Waals surface area contributed by atoms with Gasteiger partial charge in [0.1, 0.15) is 0 Å². The van der Waals surface area contributed by atoms with E-state index in [0.717, 1.165) is 32.6 Å². The van der Waals surface area contributed by atoms with Crippen LogP contribution in [0.25, 0.3) is 0 Å². The van der Waals surface area contributed by atoms with Gasteiger partial charge in [0.05, 0.1) is 11.6 Å². The monoisotopic (exact) mass is 416 g/mol. The average Bonchev–Trinajstić information content (AvgIpc) is 2.79. The van der Waals surface area contributed by atoms with Crippen molar-refractivity contribution < 1.29 is 8.42 Å². The van der Waals surface area contributed by atoms with Gasteiger partial charge in [-0.15, -0.1) is 0 Å². The summed E-state index contributed by atoms with van der Waals surface area (Å²) < 4.78 is 27.1. The Morgan fingerprint density at radius 1 is 1.00 bits per heavy atom. The van der Waals surface area contributed by atoms with E-state index in [1.165, 1.54) is 5.56 Å². The molecule has 0 radical (unpaired) electrons. The third kappa shape index (κ3) is 4.92. The van der Waals surface area contributed by atoms with Crippen LogP contribution < -0.4 is 10.6 Å². The van der Waals surface area contributed by atoms with Crippen molar-refractivity contribution in [3.8, 4) is 0 Å². The molecule has 2 N–H and O–H groups in total. The first-order valence-corrected chi connectivity index (χ1v) is 11.6. The van der Waals surface area contributed by atoms with E-state index in [2.05, 4.69) is 25.5 Å². The second kappa shape index (κ2) is 9.17. The van der Waals surface area contributed by atoms with Gasteiger partial charge in [-0.2, -0.15) is 4.31 Å². The number of hydrogen-bond acceptors (Lipinski definition) is 7. The molecule has 0 amide bonds. The lowest BCUT2D eigenvalue weighted by molar-refractivity contribution is 0.225. The number of aromatic nitrogens is 2. The van der Waals surface area contributed by atoms with Crippen LogP contribution in [0.1, 0.15) is 24.3 Å². The lowest BCUT2D eigenvalue weighted by atomic mass is 9.90. The molecule has 0 bridgehead atoms. The molecule has 2 aromatic rings. The van der Waals surface area contributed by atoms with Gasteiger partial charge in [-0.05, 0) is 42.5 Å². The van der Waals surface area contributed by atoms with E-state index in [1.54, 1.807) is 34.9 Å². The highest BCUT2D eigenvalue weighted by Crippen LogP contribution is 2.29. The average molecular weight is 417 g/mol. The van der Waals surface area contributed by atoms with E-state index < -0.39 is 10.0 Å². The number of benzene rings is 1. The first-order chi connectivity index (χ1) is 14.1. The van der Waals surface area contributed by atoms with Gasteiger partial charge < -0.3 is 10.6 Å². The van der Waals surface area contributed by atoms with Gasteiger partial charge in [0.25, 0.3) is 0 Å². The van der Waals surface area contributed by atoms with Crippen molar-refractivity contribution in [2.45, 2.75) is 23.7 Å². The number of rotatable bonds is 6. The minimum atomic E-state index is -3.39. The molecule has 3 heterocycles. The van der Waals surface area contributed by atoms with E-state index in [0.29, 0.717) is 42.9 Å². The summed E-state index contributed by atoms with van der Waals surface area (Å²) in [6.45, 7) is 5.20. The normalized spacial score (nSPS) is 19.9. The van der Waals surface area contributed by atoms with Crippen LogP contribution in [0.4, 0.5) is 5.95 Å². The number of sulfonamides is 1. The summed E-state index contributed by atoms with van der Waals surface area (Å²) in [7, 11) is -3.39. The molecule has 2 aliphatic rings. The molecule has 2 saturated heterocycles. The number of hydrogen-bond donors (Lipinski definition) is 2. The SMILES string of the molecule is O=S(=O)(c1ccc(C2CCN(CNc3ncccn3)CC2)cc1)N1CCNCC1. The Morgan fingerprint density at radius 2 is 1.66 bits per heavy atom. The van der Waals surface area contributed by atoms with Crippen molar-refractivity contribution in [3.63, 3.8) is 0 Å². The van der Waals surface area contributed by atoms with Crippen molar-refractivity contribution in [2.24, 2.45) is 0 Å². The van der Waals surface area contributed by atoms with Gasteiger partial charge >= 0.3 is 0 Å². The van der Waals surface area contributed by atoms with E-state index >= 15 is 0 Å². The molecular weight excluding hydrogens is 388 g/mol. The zero-order valence-corrected chi connectivity index (χ0v) is 17.3. The Balaban J connectivity index is 1.31. The van der Waals surface area contributed by atoms with Gasteiger partial charge in [0, 0.05) is 51.7 Å². The number of piperidine rings is 1. The van der Waals surface area contributed by atoms with E-state index in [1.807, 2.05) is 12.1 Å². The quantitative estimate of drug-likeness (QED) is 0.734. The van der Waals surface area contributed by atoms with Crippen LogP contribution in [-0.2, 0) is 10.0 Å². The predicted octanol–water partition coefficient (Wildman–Crippen LogP) is 1.32. The highest BCUT2D eigenvalue weighted by atomic mass is 32.2. The highest BCUT2D eigenvalue weighted by Gasteiger charge is 2.26. The lowest BCUT2D eigenvalue weighted by Crippen LogP contribution is -2.46. The topological polar surface area (TPSA) is 90.5 Å². The first kappa shape index (κ1) is 20.2. The zero-order valence-electron chi connectivity index (χ0n) is 16.5. The Morgan fingerprint density at radius 3 is 2.31 bits per heavy atom. The van der Waals surface area contributed by atoms with Crippen LogP contribution in [0, 0.1) is 0 Å². The van der Waals surface area contributed by atoms with E-state index in [4.69, 9.17) is 0 Å². The van der Waals surface area contributed by atoms with Crippen LogP contribution in [0.15, 0.2) is 47.6 Å². The van der Waals surface area contributed by atoms with Crippen LogP contribution >= 0.6 is 0 Å². The maximum atomic E-state index is 12.8. The predicted molar refractivity (Wildman–Crippen MR) is 112 cm³/mol. The zero-order chi connectivity index (χ0) is 20.1. The van der Waals surface area contributed by atoms with Crippen molar-refractivity contribution in [1.82, 2.24) is 24.5 Å². The Hall–Kier alpha value is -2.07. The molecule has 1 aromatic carbocycles. The summed E-state index contributed by atoms with van der Waals surface area (Å²) in [5.41, 5.74) is 1.23. The summed E-state index contributed by atoms with van der Waals surface area (Å²) in [6, 6.07) is 9.33. The van der Waals surface area contributed by atoms with Gasteiger partial charge in [-0.3, -0.25) is 4.90 Å². The van der Waals surface area contributed by atoms with E-state index in [-0.39, 0.29) is 0 Å². The van der Waals surface area contributed by atoms with Gasteiger partial charge in [0.15, 0.2) is 0 Å². The minimum Gasteiger partial charge on any atom is -0.341 e. The molecular formula is C20H28N6O2S. The Labute approximate surface area is 172 Å². The van der Waals surface area contributed by atoms with Crippen LogP contribution in [0.3, 0.4) is 0 Å². The van der Waals surface area contributed by atoms with E-state index in [9.17, 15) is 8.42 Å². The number of likely N-dealkylation sites (tertiary alicyclic amines) is 1. The summed E-state index contributed by atoms with van der Waals surface area (Å²) in [6.07, 6.45) is 5.57. The molecule has 4 rings (SSSR count). The van der Waals surface area contributed by atoms with Gasteiger partial charge in [-0.25, -0.2) is 18.4 Å². The summed E-state index contributed by atoms with van der Waals surface area (Å²) in [5.74, 6) is 1.12. The Kier molecular flexibility index (Phi) is 6.39. The number of piperazine rings is 1. The fourth-order valence-electron chi connectivity index (χ4n) is 3.94. The van der Waals surface area contributed by atoms with Crippen molar-refractivity contribution in [3.05, 3.63) is 48.3 Å². The largest absolute Gasteiger partial charge is 0.341 e. The van der Waals surface area contributed by atoms with Crippen molar-refractivity contribution >= 4 is 16.0 Å². The van der Waals surface area contributed by atoms with Crippen molar-refractivity contribution in [1.29, 1.82) is 0 Å². The number of nitrogens with one attached hydrogen (secondary N) is 2. The molecule has 0 spiro atoms. The Bertz CT molecular complexity index is 877. The molecule has 8 nitrogen and oxygen atoms in total. The maximum Gasteiger partial charge on any atom is 0.243 e. The smallest absolute Gasteiger partial charge is 0.243 e. The molecule has 2 aliphatic heterocycles. The van der Waals surface area contributed by atoms with Crippen LogP contribution in [-0.4, -0.2) is 73.5 Å². The molecule has 29 heavy (non-hydrogen) atoms. The second-order valence-electron chi connectivity index (χ2n) is 7.52. The molecule has 156 valence electrons. The molecule has 9 heteroatoms. The fraction of sp³-hybridized carbons (Fsp3) is 0.500.